The van der Waals surface area contributed by atoms with Crippen molar-refractivity contribution in [1.82, 2.24) is 5.32 Å². The van der Waals surface area contributed by atoms with Gasteiger partial charge in [0.25, 0.3) is 0 Å². The van der Waals surface area contributed by atoms with Gasteiger partial charge in [-0.3, -0.25) is 0 Å². The molecule has 0 aromatic carbocycles. The molecule has 0 aliphatic heterocycles. The van der Waals surface area contributed by atoms with Crippen LogP contribution in [0.5, 0.6) is 0 Å². The number of allylic oxidation sites excluding steroid dienone is 1. The summed E-state index contributed by atoms with van der Waals surface area (Å²) in [5.74, 6) is 0.902. The van der Waals surface area contributed by atoms with Gasteiger partial charge < -0.3 is 14.8 Å². The van der Waals surface area contributed by atoms with Crippen LogP contribution in [0, 0.1) is 5.92 Å². The maximum atomic E-state index is 5.42. The Morgan fingerprint density at radius 1 is 1.38 bits per heavy atom. The van der Waals surface area contributed by atoms with Gasteiger partial charge in [-0.1, -0.05) is 6.08 Å². The molecule has 1 saturated carbocycles. The summed E-state index contributed by atoms with van der Waals surface area (Å²) in [5, 5.41) is 3.58. The van der Waals surface area contributed by atoms with Crippen molar-refractivity contribution in [3.63, 3.8) is 0 Å². The van der Waals surface area contributed by atoms with Gasteiger partial charge in [-0.05, 0) is 31.6 Å². The van der Waals surface area contributed by atoms with Crippen LogP contribution in [0.2, 0.25) is 0 Å². The summed E-state index contributed by atoms with van der Waals surface area (Å²) in [5.41, 5.74) is 0. The monoisotopic (exact) mass is 227 g/mol. The highest BCUT2D eigenvalue weighted by Crippen LogP contribution is 2.34. The summed E-state index contributed by atoms with van der Waals surface area (Å²) in [6, 6.07) is 0.670. The molecule has 1 aliphatic carbocycles. The molecular weight excluding hydrogens is 202 g/mol. The lowest BCUT2D eigenvalue weighted by molar-refractivity contribution is 0.0706. The molecule has 0 aromatic rings. The zero-order valence-electron chi connectivity index (χ0n) is 10.4. The molecule has 0 bridgehead atoms. The van der Waals surface area contributed by atoms with Gasteiger partial charge in [0.15, 0.2) is 0 Å². The summed E-state index contributed by atoms with van der Waals surface area (Å²) < 4.78 is 10.3. The minimum Gasteiger partial charge on any atom is -0.382 e. The maximum absolute atomic E-state index is 5.42. The summed E-state index contributed by atoms with van der Waals surface area (Å²) in [6.07, 6.45) is 7.11. The fourth-order valence-corrected chi connectivity index (χ4v) is 1.86. The fourth-order valence-electron chi connectivity index (χ4n) is 1.86. The predicted octanol–water partition coefficient (Wildman–Crippen LogP) is 1.98. The van der Waals surface area contributed by atoms with E-state index < -0.39 is 0 Å². The largest absolute Gasteiger partial charge is 0.382 e. The van der Waals surface area contributed by atoms with E-state index in [1.807, 2.05) is 6.08 Å². The molecule has 0 heterocycles. The van der Waals surface area contributed by atoms with Gasteiger partial charge in [0.05, 0.1) is 19.8 Å². The number of hydrogen-bond donors (Lipinski definition) is 1. The van der Waals surface area contributed by atoms with Crippen LogP contribution in [-0.2, 0) is 9.47 Å². The normalized spacial score (nSPS) is 17.3. The van der Waals surface area contributed by atoms with Crippen molar-refractivity contribution in [2.45, 2.75) is 31.7 Å². The van der Waals surface area contributed by atoms with Crippen molar-refractivity contribution in [3.05, 3.63) is 12.7 Å². The predicted molar refractivity (Wildman–Crippen MR) is 66.6 cm³/mol. The molecule has 0 saturated heterocycles. The second-order valence-corrected chi connectivity index (χ2v) is 4.37. The molecule has 1 rings (SSSR count). The van der Waals surface area contributed by atoms with Crippen molar-refractivity contribution in [1.29, 1.82) is 0 Å². The molecule has 0 aromatic heterocycles. The molecule has 1 N–H and O–H groups in total. The second kappa shape index (κ2) is 8.74. The first-order valence-electron chi connectivity index (χ1n) is 6.29. The molecular formula is C13H25NO2. The Morgan fingerprint density at radius 3 is 2.81 bits per heavy atom. The summed E-state index contributed by atoms with van der Waals surface area (Å²) >= 11 is 0. The quantitative estimate of drug-likeness (QED) is 0.432. The van der Waals surface area contributed by atoms with Crippen molar-refractivity contribution < 1.29 is 9.47 Å². The van der Waals surface area contributed by atoms with Crippen molar-refractivity contribution in [2.24, 2.45) is 5.92 Å². The van der Waals surface area contributed by atoms with Gasteiger partial charge in [-0.15, -0.1) is 6.58 Å². The van der Waals surface area contributed by atoms with E-state index in [-0.39, 0.29) is 0 Å². The minimum absolute atomic E-state index is 0.670. The van der Waals surface area contributed by atoms with Crippen molar-refractivity contribution >= 4 is 0 Å². The Morgan fingerprint density at radius 2 is 2.19 bits per heavy atom. The highest BCUT2D eigenvalue weighted by atomic mass is 16.5. The average Bonchev–Trinajstić information content (AvgIpc) is 3.11. The molecule has 0 amide bonds. The molecule has 3 heteroatoms. The highest BCUT2D eigenvalue weighted by molar-refractivity contribution is 4.87. The van der Waals surface area contributed by atoms with E-state index in [0.717, 1.165) is 25.5 Å². The first-order valence-corrected chi connectivity index (χ1v) is 6.29. The zero-order chi connectivity index (χ0) is 11.6. The smallest absolute Gasteiger partial charge is 0.0700 e. The average molecular weight is 227 g/mol. The molecule has 94 valence electrons. The van der Waals surface area contributed by atoms with Crippen LogP contribution < -0.4 is 5.32 Å². The van der Waals surface area contributed by atoms with Crippen LogP contribution in [0.15, 0.2) is 12.7 Å². The Labute approximate surface area is 99.2 Å². The van der Waals surface area contributed by atoms with E-state index in [1.165, 1.54) is 19.3 Å². The number of methoxy groups -OCH3 is 1. The maximum Gasteiger partial charge on any atom is 0.0700 e. The Balaban J connectivity index is 1.97. The van der Waals surface area contributed by atoms with Gasteiger partial charge in [0.2, 0.25) is 0 Å². The standard InChI is InChI=1S/C13H25NO2/c1-3-4-5-13(12-6-7-12)14-8-9-16-11-10-15-2/h3,12-14H,1,4-11H2,2H3. The lowest BCUT2D eigenvalue weighted by atomic mass is 10.1. The number of hydrogen-bond acceptors (Lipinski definition) is 3. The molecule has 1 unspecified atom stereocenters. The number of nitrogens with one attached hydrogen (secondary N) is 1. The minimum atomic E-state index is 0.670. The number of ether oxygens (including phenoxy) is 2. The van der Waals surface area contributed by atoms with Gasteiger partial charge >= 0.3 is 0 Å². The van der Waals surface area contributed by atoms with Crippen LogP contribution in [0.25, 0.3) is 0 Å². The third-order valence-corrected chi connectivity index (χ3v) is 2.96. The Bertz CT molecular complexity index is 181. The van der Waals surface area contributed by atoms with E-state index in [4.69, 9.17) is 9.47 Å². The van der Waals surface area contributed by atoms with Crippen molar-refractivity contribution in [3.8, 4) is 0 Å². The summed E-state index contributed by atoms with van der Waals surface area (Å²) in [6.45, 7) is 6.88. The summed E-state index contributed by atoms with van der Waals surface area (Å²) in [7, 11) is 1.69. The van der Waals surface area contributed by atoms with Crippen LogP contribution in [0.1, 0.15) is 25.7 Å². The van der Waals surface area contributed by atoms with Crippen LogP contribution in [0.4, 0.5) is 0 Å². The first kappa shape index (κ1) is 13.7. The second-order valence-electron chi connectivity index (χ2n) is 4.37. The summed E-state index contributed by atoms with van der Waals surface area (Å²) in [4.78, 5) is 0. The lowest BCUT2D eigenvalue weighted by Crippen LogP contribution is -2.33. The van der Waals surface area contributed by atoms with E-state index in [0.29, 0.717) is 19.3 Å². The van der Waals surface area contributed by atoms with E-state index in [9.17, 15) is 0 Å². The van der Waals surface area contributed by atoms with Gasteiger partial charge in [0.1, 0.15) is 0 Å². The Kier molecular flexibility index (Phi) is 7.47. The molecule has 0 radical (unpaired) electrons. The third-order valence-electron chi connectivity index (χ3n) is 2.96. The lowest BCUT2D eigenvalue weighted by Gasteiger charge is -2.17. The van der Waals surface area contributed by atoms with E-state index in [2.05, 4.69) is 11.9 Å². The first-order chi connectivity index (χ1) is 7.88. The molecule has 1 atom stereocenters. The third kappa shape index (κ3) is 6.26. The van der Waals surface area contributed by atoms with Gasteiger partial charge in [-0.2, -0.15) is 0 Å². The molecule has 16 heavy (non-hydrogen) atoms. The van der Waals surface area contributed by atoms with Crippen LogP contribution in [-0.4, -0.2) is 39.5 Å². The van der Waals surface area contributed by atoms with Crippen LogP contribution >= 0.6 is 0 Å². The van der Waals surface area contributed by atoms with E-state index >= 15 is 0 Å². The van der Waals surface area contributed by atoms with Gasteiger partial charge in [-0.25, -0.2) is 0 Å². The van der Waals surface area contributed by atoms with Crippen LogP contribution in [0.3, 0.4) is 0 Å². The fraction of sp³-hybridized carbons (Fsp3) is 0.846. The molecule has 0 spiro atoms. The molecule has 3 nitrogen and oxygen atoms in total. The number of rotatable bonds is 11. The van der Waals surface area contributed by atoms with Gasteiger partial charge in [0, 0.05) is 19.7 Å². The molecule has 1 fully saturated rings. The van der Waals surface area contributed by atoms with E-state index in [1.54, 1.807) is 7.11 Å². The topological polar surface area (TPSA) is 30.5 Å². The highest BCUT2D eigenvalue weighted by Gasteiger charge is 2.29. The zero-order valence-corrected chi connectivity index (χ0v) is 10.4. The SMILES string of the molecule is C=CCCC(NCCOCCOC)C1CC1. The van der Waals surface area contributed by atoms with Crippen molar-refractivity contribution in [2.75, 3.05) is 33.5 Å². The Hall–Kier alpha value is -0.380. The molecule has 1 aliphatic rings.